The average Bonchev–Trinajstić information content (AvgIpc) is 2.85. The predicted octanol–water partition coefficient (Wildman–Crippen LogP) is -1.41. The van der Waals surface area contributed by atoms with Gasteiger partial charge in [-0.15, -0.1) is 11.3 Å². The lowest BCUT2D eigenvalue weighted by Crippen LogP contribution is -2.63. The van der Waals surface area contributed by atoms with E-state index in [0.717, 1.165) is 5.56 Å². The van der Waals surface area contributed by atoms with E-state index in [2.05, 4.69) is 5.32 Å². The molecule has 112 valence electrons. The van der Waals surface area contributed by atoms with E-state index in [9.17, 15) is 20.1 Å². The Bertz CT molecular complexity index is 476. The van der Waals surface area contributed by atoms with E-state index in [-0.39, 0.29) is 0 Å². The first-order valence-corrected chi connectivity index (χ1v) is 6.99. The van der Waals surface area contributed by atoms with E-state index in [0.29, 0.717) is 4.88 Å². The van der Waals surface area contributed by atoms with Crippen LogP contribution in [0, 0.1) is 6.92 Å². The molecule has 0 aliphatic carbocycles. The van der Waals surface area contributed by atoms with Gasteiger partial charge in [-0.3, -0.25) is 4.79 Å². The van der Waals surface area contributed by atoms with Crippen molar-refractivity contribution in [2.75, 3.05) is 6.61 Å². The summed E-state index contributed by atoms with van der Waals surface area (Å²) in [5.41, 5.74) is 0.789. The Kier molecular flexibility index (Phi) is 4.74. The van der Waals surface area contributed by atoms with Gasteiger partial charge in [0.05, 0.1) is 11.5 Å². The molecular formula is C12H17NO6S. The number of aliphatic hydroxyl groups excluding tert-OH is 4. The first-order chi connectivity index (χ1) is 9.45. The zero-order valence-corrected chi connectivity index (χ0v) is 11.6. The van der Waals surface area contributed by atoms with Crippen molar-refractivity contribution in [1.82, 2.24) is 5.32 Å². The van der Waals surface area contributed by atoms with Crippen molar-refractivity contribution in [2.24, 2.45) is 0 Å². The van der Waals surface area contributed by atoms with Gasteiger partial charge in [0, 0.05) is 0 Å². The van der Waals surface area contributed by atoms with Crippen molar-refractivity contribution in [1.29, 1.82) is 0 Å². The maximum Gasteiger partial charge on any atom is 0.263 e. The number of carbonyl (C=O) groups excluding carboxylic acids is 1. The molecular weight excluding hydrogens is 286 g/mol. The molecule has 0 aromatic carbocycles. The minimum absolute atomic E-state index is 0.443. The Morgan fingerprint density at radius 2 is 2.05 bits per heavy atom. The molecule has 1 aromatic heterocycles. The van der Waals surface area contributed by atoms with Gasteiger partial charge in [0.2, 0.25) is 0 Å². The highest BCUT2D eigenvalue weighted by atomic mass is 32.1. The van der Waals surface area contributed by atoms with Crippen molar-refractivity contribution in [2.45, 2.75) is 37.6 Å². The van der Waals surface area contributed by atoms with Crippen LogP contribution in [-0.4, -0.2) is 63.6 Å². The number of nitrogens with one attached hydrogen (secondary N) is 1. The number of rotatable bonds is 3. The fourth-order valence-corrected chi connectivity index (χ4v) is 2.85. The molecule has 1 aromatic rings. The van der Waals surface area contributed by atoms with Crippen molar-refractivity contribution < 1.29 is 30.0 Å². The molecule has 2 heterocycles. The smallest absolute Gasteiger partial charge is 0.263 e. The van der Waals surface area contributed by atoms with Crippen molar-refractivity contribution >= 4 is 17.2 Å². The van der Waals surface area contributed by atoms with Gasteiger partial charge in [-0.2, -0.15) is 0 Å². The van der Waals surface area contributed by atoms with Crippen LogP contribution in [0.1, 0.15) is 15.2 Å². The fourth-order valence-electron chi connectivity index (χ4n) is 2.02. The third kappa shape index (κ3) is 2.85. The topological polar surface area (TPSA) is 119 Å². The lowest BCUT2D eigenvalue weighted by atomic mass is 9.98. The second-order valence-electron chi connectivity index (χ2n) is 4.66. The normalized spacial score (nSPS) is 34.0. The van der Waals surface area contributed by atoms with Crippen molar-refractivity contribution in [3.05, 3.63) is 21.9 Å². The summed E-state index contributed by atoms with van der Waals surface area (Å²) in [6.07, 6.45) is -6.65. The third-order valence-electron chi connectivity index (χ3n) is 3.23. The van der Waals surface area contributed by atoms with Crippen molar-refractivity contribution in [3.63, 3.8) is 0 Å². The zero-order chi connectivity index (χ0) is 14.9. The van der Waals surface area contributed by atoms with E-state index in [1.165, 1.54) is 11.3 Å². The molecule has 1 amide bonds. The largest absolute Gasteiger partial charge is 0.394 e. The Morgan fingerprint density at radius 1 is 1.35 bits per heavy atom. The molecule has 0 spiro atoms. The first-order valence-electron chi connectivity index (χ1n) is 6.11. The van der Waals surface area contributed by atoms with Crippen LogP contribution in [0.5, 0.6) is 0 Å². The molecule has 0 saturated carbocycles. The van der Waals surface area contributed by atoms with Crippen LogP contribution in [0.2, 0.25) is 0 Å². The average molecular weight is 303 g/mol. The highest BCUT2D eigenvalue weighted by Gasteiger charge is 2.44. The number of hydrogen-bond donors (Lipinski definition) is 5. The number of aryl methyl sites for hydroxylation is 1. The first kappa shape index (κ1) is 15.4. The molecule has 20 heavy (non-hydrogen) atoms. The van der Waals surface area contributed by atoms with Gasteiger partial charge >= 0.3 is 0 Å². The van der Waals surface area contributed by atoms with Crippen LogP contribution in [-0.2, 0) is 4.74 Å². The molecule has 5 atom stereocenters. The van der Waals surface area contributed by atoms with Crippen LogP contribution in [0.3, 0.4) is 0 Å². The Morgan fingerprint density at radius 3 is 2.60 bits per heavy atom. The van der Waals surface area contributed by atoms with Crippen LogP contribution < -0.4 is 5.32 Å². The second-order valence-corrected chi connectivity index (χ2v) is 5.57. The SMILES string of the molecule is Cc1ccsc1C(=O)N[C@@H]1O[C@H](CO)[C@@H](O)[C@H](O)[C@H]1O. The number of thiophene rings is 1. The Hall–Kier alpha value is -1.03. The van der Waals surface area contributed by atoms with Gasteiger partial charge in [0.1, 0.15) is 24.4 Å². The van der Waals surface area contributed by atoms with Gasteiger partial charge in [-0.1, -0.05) is 0 Å². The predicted molar refractivity (Wildman–Crippen MR) is 70.3 cm³/mol. The van der Waals surface area contributed by atoms with Gasteiger partial charge < -0.3 is 30.5 Å². The summed E-state index contributed by atoms with van der Waals surface area (Å²) in [7, 11) is 0. The lowest BCUT2D eigenvalue weighted by Gasteiger charge is -2.40. The molecule has 0 unspecified atom stereocenters. The molecule has 1 saturated heterocycles. The van der Waals surface area contributed by atoms with Crippen LogP contribution in [0.25, 0.3) is 0 Å². The molecule has 7 nitrogen and oxygen atoms in total. The van der Waals surface area contributed by atoms with Crippen LogP contribution in [0.4, 0.5) is 0 Å². The summed E-state index contributed by atoms with van der Waals surface area (Å²) < 4.78 is 5.20. The maximum absolute atomic E-state index is 12.0. The molecule has 1 fully saturated rings. The molecule has 0 bridgehead atoms. The standard InChI is InChI=1S/C12H17NO6S/c1-5-2-3-20-10(5)11(18)13-12-9(17)8(16)7(15)6(4-14)19-12/h2-3,6-9,12,14-17H,4H2,1H3,(H,13,18)/t6-,7-,8+,9-,12-/m1/s1. The number of hydrogen-bond acceptors (Lipinski definition) is 7. The van der Waals surface area contributed by atoms with Crippen molar-refractivity contribution in [3.8, 4) is 0 Å². The summed E-state index contributed by atoms with van der Waals surface area (Å²) in [4.78, 5) is 12.5. The van der Waals surface area contributed by atoms with Gasteiger partial charge in [0.25, 0.3) is 5.91 Å². The van der Waals surface area contributed by atoms with E-state index in [1.54, 1.807) is 18.4 Å². The fraction of sp³-hybridized carbons (Fsp3) is 0.583. The molecule has 1 aliphatic heterocycles. The summed E-state index contributed by atoms with van der Waals surface area (Å²) in [5, 5.41) is 42.3. The zero-order valence-electron chi connectivity index (χ0n) is 10.8. The third-order valence-corrected chi connectivity index (χ3v) is 4.25. The molecule has 1 aliphatic rings. The van der Waals surface area contributed by atoms with Gasteiger partial charge in [-0.25, -0.2) is 0 Å². The van der Waals surface area contributed by atoms with Gasteiger partial charge in [-0.05, 0) is 23.9 Å². The molecule has 8 heteroatoms. The summed E-state index contributed by atoms with van der Waals surface area (Å²) >= 11 is 1.24. The van der Waals surface area contributed by atoms with E-state index >= 15 is 0 Å². The monoisotopic (exact) mass is 303 g/mol. The van der Waals surface area contributed by atoms with E-state index in [1.807, 2.05) is 0 Å². The summed E-state index contributed by atoms with van der Waals surface area (Å²) in [6, 6.07) is 1.78. The highest BCUT2D eigenvalue weighted by molar-refractivity contribution is 7.12. The minimum Gasteiger partial charge on any atom is -0.394 e. The highest BCUT2D eigenvalue weighted by Crippen LogP contribution is 2.21. The Labute approximate surface area is 119 Å². The Balaban J connectivity index is 2.08. The molecule has 2 rings (SSSR count). The number of ether oxygens (including phenoxy) is 1. The quantitative estimate of drug-likeness (QED) is 0.468. The van der Waals surface area contributed by atoms with E-state index in [4.69, 9.17) is 9.84 Å². The molecule has 0 radical (unpaired) electrons. The van der Waals surface area contributed by atoms with Crippen LogP contribution in [0.15, 0.2) is 11.4 Å². The van der Waals surface area contributed by atoms with E-state index < -0.39 is 43.2 Å². The minimum atomic E-state index is -1.50. The van der Waals surface area contributed by atoms with Gasteiger partial charge in [0.15, 0.2) is 6.23 Å². The molecule has 5 N–H and O–H groups in total. The van der Waals surface area contributed by atoms with Crippen LogP contribution >= 0.6 is 11.3 Å². The number of amides is 1. The second kappa shape index (κ2) is 6.17. The summed E-state index contributed by atoms with van der Waals surface area (Å²) in [6.45, 7) is 1.24. The number of aliphatic hydroxyl groups is 4. The lowest BCUT2D eigenvalue weighted by molar-refractivity contribution is -0.233. The maximum atomic E-state index is 12.0. The number of carbonyl (C=O) groups is 1. The summed E-state index contributed by atoms with van der Waals surface area (Å²) in [5.74, 6) is -0.443.